The molecule has 126 heavy (non-hydrogen) atoms. The Morgan fingerprint density at radius 1 is 0.206 bits per heavy atom. The summed E-state index contributed by atoms with van der Waals surface area (Å²) in [4.78, 5) is 0. The summed E-state index contributed by atoms with van der Waals surface area (Å²) in [6.07, 6.45) is 0. The molecule has 1 atom stereocenters. The Kier molecular flexibility index (Phi) is 9.05. The number of hydrogen-bond donors (Lipinski definition) is 0. The molecule has 0 bridgehead atoms. The summed E-state index contributed by atoms with van der Waals surface area (Å²) < 4.78 is 446. The van der Waals surface area contributed by atoms with Gasteiger partial charge in [-0.3, -0.25) is 0 Å². The number of benzene rings is 23. The number of rotatable bonds is 7. The van der Waals surface area contributed by atoms with Crippen molar-refractivity contribution in [3.05, 3.63) is 447 Å². The van der Waals surface area contributed by atoms with Crippen molar-refractivity contribution in [1.82, 2.24) is 0 Å². The average Bonchev–Trinajstić information content (AvgIpc) is 1.48. The third-order valence-corrected chi connectivity index (χ3v) is 23.4. The quantitative estimate of drug-likeness (QED) is 0.149. The van der Waals surface area contributed by atoms with Gasteiger partial charge in [-0.05, 0) is 258 Å². The van der Waals surface area contributed by atoms with Crippen LogP contribution in [0.3, 0.4) is 0 Å². The SMILES string of the molecule is [2H]c1c([2H])c([2H])c(-c2c([2H])c([2H])c(-c3c4c([2H])c([2H])c([2H])c([2H])c4c(-c4ccc5oc6ccc7ccccc7c6c5c4)c4c([2H])c([2H])c([2H])c([2H])c34)c([2H])c2[2H])c([2H])c1[2H].[2H]c1c([2H])c([2H])c(-c2c3c([2H])c([2H])c([2H])c([2H])c3c(-c3ccc4oc5ccc6ccccc6c5c4c3)c3c([2H])c([2H])c([2H])c([2H])c23)c([2H])c1[2H].[2H]c1c([2H])c([2H])c2c(c1[2H])-c1c([2H])c([2H])c(-c3c4c([2H])c([2H])c([2H])c([2H])c4c(-c4ccc5oc6ccc7ccccc7c6c5c4)c4c([2H])c([2H])c([2H])c([2H])c34)c([2H])c1C2(C)C([2H])([2H])[2H]. The second-order valence-electron chi connectivity index (χ2n) is 30.3. The summed E-state index contributed by atoms with van der Waals surface area (Å²) >= 11 is 0. The van der Waals surface area contributed by atoms with Crippen LogP contribution >= 0.6 is 0 Å². The highest BCUT2D eigenvalue weighted by Crippen LogP contribution is 2.54. The first-order valence-electron chi connectivity index (χ1n) is 63.7. The zero-order valence-electron chi connectivity index (χ0n) is 113. The number of fused-ring (bicyclic) bond motifs is 24. The molecule has 0 saturated heterocycles. The van der Waals surface area contributed by atoms with Gasteiger partial charge in [-0.15, -0.1) is 0 Å². The number of hydrogen-bond acceptors (Lipinski definition) is 3. The molecule has 1 aliphatic carbocycles. The maximum Gasteiger partial charge on any atom is 0.136 e. The van der Waals surface area contributed by atoms with Crippen LogP contribution in [0.25, 0.3) is 252 Å². The molecule has 3 aromatic heterocycles. The molecule has 0 aliphatic heterocycles. The Hall–Kier alpha value is -16.2. The summed E-state index contributed by atoms with van der Waals surface area (Å²) in [6.45, 7) is -2.00. The van der Waals surface area contributed by atoms with E-state index in [0.29, 0.717) is 55.2 Å². The Morgan fingerprint density at radius 3 is 0.841 bits per heavy atom. The summed E-state index contributed by atoms with van der Waals surface area (Å²) in [6, 6.07) is 17.3. The predicted molar refractivity (Wildman–Crippen MR) is 534 cm³/mol. The van der Waals surface area contributed by atoms with E-state index < -0.39 is 340 Å². The van der Waals surface area contributed by atoms with Crippen molar-refractivity contribution in [3.63, 3.8) is 0 Å². The third-order valence-electron chi connectivity index (χ3n) is 23.4. The topological polar surface area (TPSA) is 39.4 Å². The van der Waals surface area contributed by atoms with Crippen molar-refractivity contribution >= 4 is 163 Å². The van der Waals surface area contributed by atoms with Crippen LogP contribution in [-0.2, 0) is 5.41 Å². The normalized spacial score (nSPS) is 18.6. The average molecular weight is 1650 g/mol. The van der Waals surface area contributed by atoms with Crippen LogP contribution in [0.5, 0.6) is 0 Å². The zero-order valence-corrected chi connectivity index (χ0v) is 65.3. The molecular formula is C123H78O3. The van der Waals surface area contributed by atoms with Crippen molar-refractivity contribution < 1.29 is 79.0 Å². The lowest BCUT2D eigenvalue weighted by Crippen LogP contribution is -2.14. The van der Waals surface area contributed by atoms with E-state index in [2.05, 4.69) is 0 Å². The molecule has 0 amide bonds. The fourth-order valence-corrected chi connectivity index (χ4v) is 18.0. The van der Waals surface area contributed by atoms with Crippen LogP contribution in [0.4, 0.5) is 0 Å². The Bertz CT molecular complexity index is 11800. The molecule has 26 aromatic rings. The molecule has 0 radical (unpaired) electrons. The molecule has 0 N–H and O–H groups in total. The predicted octanol–water partition coefficient (Wildman–Crippen LogP) is 35.1. The summed E-state index contributed by atoms with van der Waals surface area (Å²) in [5.41, 5.74) is -4.06. The van der Waals surface area contributed by atoms with Gasteiger partial charge in [0.2, 0.25) is 0 Å². The second-order valence-corrected chi connectivity index (χ2v) is 30.3. The van der Waals surface area contributed by atoms with Gasteiger partial charge in [0.1, 0.15) is 33.5 Å². The molecule has 3 heterocycles. The summed E-state index contributed by atoms with van der Waals surface area (Å²) in [5, 5.41) is 6.32. The van der Waals surface area contributed by atoms with Crippen LogP contribution in [-0.4, -0.2) is 0 Å². The van der Waals surface area contributed by atoms with Crippen molar-refractivity contribution in [2.75, 3.05) is 0 Å². The van der Waals surface area contributed by atoms with Gasteiger partial charge >= 0.3 is 0 Å². The minimum atomic E-state index is -3.16. The van der Waals surface area contributed by atoms with Gasteiger partial charge in [0.25, 0.3) is 0 Å². The van der Waals surface area contributed by atoms with Gasteiger partial charge in [-0.2, -0.15) is 0 Å². The van der Waals surface area contributed by atoms with Crippen molar-refractivity contribution in [2.45, 2.75) is 19.2 Å². The van der Waals surface area contributed by atoms with Crippen LogP contribution in [0.1, 0.15) is 90.7 Å². The monoisotopic (exact) mass is 1650 g/mol. The molecule has 0 saturated carbocycles. The molecule has 27 rings (SSSR count). The second kappa shape index (κ2) is 29.0. The molecule has 3 heteroatoms. The first-order valence-corrected chi connectivity index (χ1v) is 39.7. The van der Waals surface area contributed by atoms with Gasteiger partial charge < -0.3 is 13.3 Å². The third kappa shape index (κ3) is 11.5. The van der Waals surface area contributed by atoms with Crippen LogP contribution < -0.4 is 0 Å². The Balaban J connectivity index is 0.000000131. The van der Waals surface area contributed by atoms with Gasteiger partial charge in [0, 0.05) is 41.8 Å². The molecule has 588 valence electrons. The van der Waals surface area contributed by atoms with Gasteiger partial charge in [0.15, 0.2) is 0 Å². The van der Waals surface area contributed by atoms with E-state index in [1.54, 1.807) is 54.6 Å². The molecule has 1 aliphatic rings. The van der Waals surface area contributed by atoms with E-state index >= 15 is 0 Å². The first kappa shape index (κ1) is 39.3. The highest BCUT2D eigenvalue weighted by atomic mass is 16.3. The van der Waals surface area contributed by atoms with Crippen molar-refractivity contribution in [1.29, 1.82) is 0 Å². The van der Waals surface area contributed by atoms with E-state index in [9.17, 15) is 17.8 Å². The fourth-order valence-electron chi connectivity index (χ4n) is 18.0. The van der Waals surface area contributed by atoms with Crippen molar-refractivity contribution in [2.24, 2.45) is 0 Å². The van der Waals surface area contributed by atoms with E-state index in [-0.39, 0.29) is 104 Å². The van der Waals surface area contributed by atoms with Crippen LogP contribution in [0.15, 0.2) is 449 Å². The molecule has 0 spiro atoms. The zero-order chi connectivity index (χ0) is 125. The van der Waals surface area contributed by atoms with E-state index in [0.717, 1.165) is 55.4 Å². The van der Waals surface area contributed by atoms with Gasteiger partial charge in [-0.1, -0.05) is 389 Å². The molecule has 1 unspecified atom stereocenters. The largest absolute Gasteiger partial charge is 0.456 e. The standard InChI is InChI=1S/C45H30O.C42H26O.C36H22O/c1-45(2)38-18-10-9-13-31(38)32-22-19-29(26-39(32)45)43-35-16-7-5-14-33(35)42(34-15-6-8-17-36(34)43)28-21-23-40-37(25-28)44-30-12-4-3-11-27(30)20-24-41(44)46-40;1-2-10-27(11-3-1)28-18-20-30(21-19-28)40-33-14-6-8-16-35(33)41(36-17-9-7-15-34(36)40)31-23-24-38-37(26-31)42-32-13-5-4-12-29(32)22-25-39(42)43-38;1-2-11-24(12-3-1)34-27-14-6-8-16-29(27)35(30-17-9-7-15-28(30)34)25-19-20-32-31(22-25)36-26-13-5-4-10-23(26)18-21-33(36)37-32/h3-26H,1-2H3;1-26H;1-22H/i1D3,5D,6D,7D,8D,9D,10D,13D,14D,15D,16D,17D,18D,19D,22D,26D;1D,2D,3D,6D,7D,8D,9D,10D,11D,14D,15D,16D,17D,18D,19D,20D,21D;1D,2D,3D,6D,7D,8D,9D,11D,12D,14D,15D,16D,17D. The van der Waals surface area contributed by atoms with E-state index in [1.165, 1.54) is 0 Å². The minimum Gasteiger partial charge on any atom is -0.456 e. The molecule has 3 nitrogen and oxygen atoms in total. The molecule has 0 fully saturated rings. The molecule has 23 aromatic carbocycles. The van der Waals surface area contributed by atoms with Gasteiger partial charge in [-0.25, -0.2) is 0 Å². The van der Waals surface area contributed by atoms with Crippen LogP contribution in [0, 0.1) is 0 Å². The number of furan rings is 3. The lowest BCUT2D eigenvalue weighted by atomic mass is 9.80. The smallest absolute Gasteiger partial charge is 0.136 e. The van der Waals surface area contributed by atoms with E-state index in [4.69, 9.17) is 61.2 Å². The Labute approximate surface area is 794 Å². The minimum absolute atomic E-state index is 0.00904. The maximum atomic E-state index is 9.92. The van der Waals surface area contributed by atoms with E-state index in [1.807, 2.05) is 109 Å². The fraction of sp³-hybridized carbons (Fsp3) is 0.0244. The molecular weight excluding hydrogens is 1530 g/mol. The van der Waals surface area contributed by atoms with Gasteiger partial charge in [0.05, 0.1) is 61.7 Å². The summed E-state index contributed by atoms with van der Waals surface area (Å²) in [5.74, 6) is 0. The Morgan fingerprint density at radius 2 is 0.476 bits per heavy atom. The lowest BCUT2D eigenvalue weighted by molar-refractivity contribution is 0.660. The lowest BCUT2D eigenvalue weighted by Gasteiger charge is -2.23. The highest BCUT2D eigenvalue weighted by Gasteiger charge is 2.36. The van der Waals surface area contributed by atoms with Crippen LogP contribution in [0.2, 0.25) is 0 Å². The van der Waals surface area contributed by atoms with Crippen molar-refractivity contribution in [3.8, 4) is 89.0 Å². The first-order chi connectivity index (χ1) is 82.2. The highest BCUT2D eigenvalue weighted by molar-refractivity contribution is 6.28. The maximum absolute atomic E-state index is 9.92. The summed E-state index contributed by atoms with van der Waals surface area (Å²) in [7, 11) is 0.